The van der Waals surface area contributed by atoms with Crippen LogP contribution in [0.25, 0.3) is 0 Å². The molecule has 1 rings (SSSR count). The van der Waals surface area contributed by atoms with Crippen molar-refractivity contribution in [2.24, 2.45) is 0 Å². The van der Waals surface area contributed by atoms with Crippen LogP contribution in [-0.4, -0.2) is 25.5 Å². The van der Waals surface area contributed by atoms with Crippen molar-refractivity contribution in [2.75, 3.05) is 14.2 Å². The van der Waals surface area contributed by atoms with Crippen LogP contribution >= 0.6 is 0 Å². The lowest BCUT2D eigenvalue weighted by Gasteiger charge is -2.24. The van der Waals surface area contributed by atoms with Gasteiger partial charge in [-0.15, -0.1) is 0 Å². The van der Waals surface area contributed by atoms with Gasteiger partial charge in [-0.05, 0) is 51.9 Å². The van der Waals surface area contributed by atoms with Gasteiger partial charge in [0.15, 0.2) is 5.78 Å². The Bertz CT molecular complexity index is 436. The first-order chi connectivity index (χ1) is 7.83. The zero-order valence-electron chi connectivity index (χ0n) is 11.5. The molecule has 0 aromatic heterocycles. The van der Waals surface area contributed by atoms with Crippen molar-refractivity contribution in [2.45, 2.75) is 33.2 Å². The van der Waals surface area contributed by atoms with Crippen LogP contribution in [0.4, 0.5) is 0 Å². The third-order valence-corrected chi connectivity index (χ3v) is 3.08. The summed E-state index contributed by atoms with van der Waals surface area (Å²) in [5.74, 6) is 0.699. The summed E-state index contributed by atoms with van der Waals surface area (Å²) in [5.41, 5.74) is 2.12. The number of benzene rings is 1. The molecule has 0 aliphatic carbocycles. The first-order valence-corrected chi connectivity index (χ1v) is 5.72. The first-order valence-electron chi connectivity index (χ1n) is 5.72. The quantitative estimate of drug-likeness (QED) is 0.815. The van der Waals surface area contributed by atoms with E-state index < -0.39 is 5.54 Å². The molecule has 94 valence electrons. The number of rotatable bonds is 4. The van der Waals surface area contributed by atoms with Gasteiger partial charge in [0, 0.05) is 0 Å². The number of ether oxygens (including phenoxy) is 1. The summed E-state index contributed by atoms with van der Waals surface area (Å²) >= 11 is 0. The molecule has 0 spiro atoms. The van der Waals surface area contributed by atoms with E-state index in [2.05, 4.69) is 5.32 Å². The van der Waals surface area contributed by atoms with Crippen molar-refractivity contribution in [3.8, 4) is 5.75 Å². The molecule has 1 aromatic rings. The van der Waals surface area contributed by atoms with Crippen molar-refractivity contribution in [3.63, 3.8) is 0 Å². The van der Waals surface area contributed by atoms with Crippen molar-refractivity contribution < 1.29 is 9.53 Å². The minimum atomic E-state index is -0.590. The van der Waals surface area contributed by atoms with Crippen LogP contribution in [0.15, 0.2) is 12.1 Å². The standard InChI is InChI=1S/C14H21NO2/c1-9-7-10(2)12(11(8-9)17-6)13(16)14(3,4)15-5/h7-8,15H,1-6H3. The Morgan fingerprint density at radius 1 is 1.29 bits per heavy atom. The molecule has 0 aliphatic rings. The fraction of sp³-hybridized carbons (Fsp3) is 0.500. The van der Waals surface area contributed by atoms with Gasteiger partial charge in [-0.2, -0.15) is 0 Å². The predicted molar refractivity (Wildman–Crippen MR) is 69.9 cm³/mol. The molecule has 0 fully saturated rings. The molecule has 0 radical (unpaired) electrons. The third-order valence-electron chi connectivity index (χ3n) is 3.08. The SMILES string of the molecule is CNC(C)(C)C(=O)c1c(C)cc(C)cc1OC. The molecule has 1 N–H and O–H groups in total. The number of hydrogen-bond donors (Lipinski definition) is 1. The van der Waals surface area contributed by atoms with E-state index in [-0.39, 0.29) is 5.78 Å². The highest BCUT2D eigenvalue weighted by Crippen LogP contribution is 2.27. The molecule has 0 saturated carbocycles. The molecule has 0 saturated heterocycles. The lowest BCUT2D eigenvalue weighted by Crippen LogP contribution is -2.44. The Hall–Kier alpha value is -1.35. The van der Waals surface area contributed by atoms with Crippen molar-refractivity contribution in [3.05, 3.63) is 28.8 Å². The second-order valence-electron chi connectivity index (χ2n) is 4.86. The van der Waals surface area contributed by atoms with E-state index in [1.807, 2.05) is 39.8 Å². The minimum Gasteiger partial charge on any atom is -0.496 e. The summed E-state index contributed by atoms with van der Waals surface area (Å²) in [6.45, 7) is 7.67. The zero-order valence-corrected chi connectivity index (χ0v) is 11.5. The number of likely N-dealkylation sites (N-methyl/N-ethyl adjacent to an activating group) is 1. The van der Waals surface area contributed by atoms with Crippen molar-refractivity contribution in [1.29, 1.82) is 0 Å². The molecule has 0 atom stereocenters. The second kappa shape index (κ2) is 4.88. The van der Waals surface area contributed by atoms with Crippen molar-refractivity contribution >= 4 is 5.78 Å². The summed E-state index contributed by atoms with van der Waals surface area (Å²) in [7, 11) is 3.38. The van der Waals surface area contributed by atoms with E-state index in [0.29, 0.717) is 11.3 Å². The minimum absolute atomic E-state index is 0.0503. The maximum absolute atomic E-state index is 12.5. The summed E-state index contributed by atoms with van der Waals surface area (Å²) in [4.78, 5) is 12.5. The average molecular weight is 235 g/mol. The molecular weight excluding hydrogens is 214 g/mol. The van der Waals surface area contributed by atoms with E-state index in [1.54, 1.807) is 14.2 Å². The number of Topliss-reactive ketones (excluding diaryl/α,β-unsaturated/α-hetero) is 1. The van der Waals surface area contributed by atoms with E-state index in [4.69, 9.17) is 4.74 Å². The molecular formula is C14H21NO2. The van der Waals surface area contributed by atoms with Crippen LogP contribution in [0, 0.1) is 13.8 Å². The second-order valence-corrected chi connectivity index (χ2v) is 4.86. The Kier molecular flexibility index (Phi) is 3.94. The van der Waals surface area contributed by atoms with Crippen molar-refractivity contribution in [1.82, 2.24) is 5.32 Å². The number of carbonyl (C=O) groups excluding carboxylic acids is 1. The number of aryl methyl sites for hydroxylation is 2. The van der Waals surface area contributed by atoms with Crippen LogP contribution in [0.2, 0.25) is 0 Å². The number of hydrogen-bond acceptors (Lipinski definition) is 3. The van der Waals surface area contributed by atoms with E-state index in [1.165, 1.54) is 0 Å². The fourth-order valence-corrected chi connectivity index (χ4v) is 1.81. The highest BCUT2D eigenvalue weighted by molar-refractivity contribution is 6.06. The normalized spacial score (nSPS) is 11.4. The van der Waals surface area contributed by atoms with Crippen LogP contribution in [0.5, 0.6) is 5.75 Å². The molecule has 0 aliphatic heterocycles. The van der Waals surface area contributed by atoms with E-state index in [9.17, 15) is 4.79 Å². The number of nitrogens with one attached hydrogen (secondary N) is 1. The van der Waals surface area contributed by atoms with Gasteiger partial charge in [-0.1, -0.05) is 6.07 Å². The average Bonchev–Trinajstić information content (AvgIpc) is 2.27. The smallest absolute Gasteiger partial charge is 0.186 e. The Labute approximate surface area is 103 Å². The highest BCUT2D eigenvalue weighted by Gasteiger charge is 2.30. The Morgan fingerprint density at radius 3 is 2.35 bits per heavy atom. The largest absolute Gasteiger partial charge is 0.496 e. The molecule has 0 bridgehead atoms. The van der Waals surface area contributed by atoms with Crippen LogP contribution < -0.4 is 10.1 Å². The molecule has 0 unspecified atom stereocenters. The van der Waals surface area contributed by atoms with Crippen LogP contribution in [-0.2, 0) is 0 Å². The Balaban J connectivity index is 3.36. The summed E-state index contributed by atoms with van der Waals surface area (Å²) < 4.78 is 5.32. The molecule has 3 heteroatoms. The fourth-order valence-electron chi connectivity index (χ4n) is 1.81. The summed E-state index contributed by atoms with van der Waals surface area (Å²) in [6.07, 6.45) is 0. The van der Waals surface area contributed by atoms with Gasteiger partial charge in [0.05, 0.1) is 18.2 Å². The molecule has 1 aromatic carbocycles. The summed E-state index contributed by atoms with van der Waals surface area (Å²) in [5, 5.41) is 3.03. The van der Waals surface area contributed by atoms with Gasteiger partial charge in [0.2, 0.25) is 0 Å². The maximum Gasteiger partial charge on any atom is 0.186 e. The van der Waals surface area contributed by atoms with Gasteiger partial charge < -0.3 is 10.1 Å². The molecule has 0 heterocycles. The van der Waals surface area contributed by atoms with Gasteiger partial charge in [-0.3, -0.25) is 4.79 Å². The molecule has 3 nitrogen and oxygen atoms in total. The van der Waals surface area contributed by atoms with Gasteiger partial charge >= 0.3 is 0 Å². The summed E-state index contributed by atoms with van der Waals surface area (Å²) in [6, 6.07) is 3.90. The van der Waals surface area contributed by atoms with E-state index >= 15 is 0 Å². The molecule has 17 heavy (non-hydrogen) atoms. The van der Waals surface area contributed by atoms with Gasteiger partial charge in [0.1, 0.15) is 5.75 Å². The van der Waals surface area contributed by atoms with E-state index in [0.717, 1.165) is 11.1 Å². The highest BCUT2D eigenvalue weighted by atomic mass is 16.5. The third kappa shape index (κ3) is 2.67. The number of ketones is 1. The molecule has 0 amide bonds. The first kappa shape index (κ1) is 13.7. The maximum atomic E-state index is 12.5. The van der Waals surface area contributed by atoms with Gasteiger partial charge in [0.25, 0.3) is 0 Å². The van der Waals surface area contributed by atoms with Crippen LogP contribution in [0.3, 0.4) is 0 Å². The lowest BCUT2D eigenvalue weighted by atomic mass is 9.89. The zero-order chi connectivity index (χ0) is 13.2. The number of methoxy groups -OCH3 is 1. The lowest BCUT2D eigenvalue weighted by molar-refractivity contribution is 0.0885. The predicted octanol–water partition coefficient (Wildman–Crippen LogP) is 2.49. The Morgan fingerprint density at radius 2 is 1.88 bits per heavy atom. The topological polar surface area (TPSA) is 38.3 Å². The monoisotopic (exact) mass is 235 g/mol. The van der Waals surface area contributed by atoms with Crippen LogP contribution in [0.1, 0.15) is 35.3 Å². The number of carbonyl (C=O) groups is 1. The van der Waals surface area contributed by atoms with Gasteiger partial charge in [-0.25, -0.2) is 0 Å².